The summed E-state index contributed by atoms with van der Waals surface area (Å²) < 4.78 is 7.46. The van der Waals surface area contributed by atoms with Gasteiger partial charge in [0, 0.05) is 6.54 Å². The van der Waals surface area contributed by atoms with Gasteiger partial charge in [0.1, 0.15) is 5.76 Å². The second-order valence-electron chi connectivity index (χ2n) is 6.06. The van der Waals surface area contributed by atoms with Crippen molar-refractivity contribution >= 4 is 17.7 Å². The minimum atomic E-state index is -0.304. The first-order valence-electron chi connectivity index (χ1n) is 8.67. The van der Waals surface area contributed by atoms with Crippen molar-refractivity contribution in [3.05, 3.63) is 66.6 Å². The third kappa shape index (κ3) is 4.49. The van der Waals surface area contributed by atoms with E-state index in [0.29, 0.717) is 18.2 Å². The molecule has 1 atom stereocenters. The molecule has 3 rings (SSSR count). The Balaban J connectivity index is 1.91. The lowest BCUT2D eigenvalue weighted by Crippen LogP contribution is -2.31. The lowest BCUT2D eigenvalue weighted by atomic mass is 10.2. The van der Waals surface area contributed by atoms with Crippen LogP contribution in [-0.2, 0) is 11.3 Å². The predicted molar refractivity (Wildman–Crippen MR) is 107 cm³/mol. The van der Waals surface area contributed by atoms with Crippen LogP contribution in [0.5, 0.6) is 0 Å². The quantitative estimate of drug-likeness (QED) is 0.475. The fraction of sp³-hybridized carbons (Fsp3) is 0.250. The van der Waals surface area contributed by atoms with Crippen LogP contribution in [0.15, 0.2) is 64.9 Å². The average Bonchev–Trinajstić information content (AvgIpc) is 3.26. The smallest absolute Gasteiger partial charge is 0.233 e. The van der Waals surface area contributed by atoms with Crippen molar-refractivity contribution in [3.63, 3.8) is 0 Å². The number of aryl methyl sites for hydroxylation is 1. The van der Waals surface area contributed by atoms with Crippen molar-refractivity contribution < 1.29 is 9.21 Å². The minimum absolute atomic E-state index is 0.0600. The summed E-state index contributed by atoms with van der Waals surface area (Å²) in [7, 11) is 0. The summed E-state index contributed by atoms with van der Waals surface area (Å²) in [4.78, 5) is 12.2. The number of carbonyl (C=O) groups is 1. The first-order valence-corrected chi connectivity index (χ1v) is 9.55. The van der Waals surface area contributed by atoms with Gasteiger partial charge in [0.25, 0.3) is 0 Å². The van der Waals surface area contributed by atoms with Gasteiger partial charge < -0.3 is 9.73 Å². The number of benzene rings is 1. The van der Waals surface area contributed by atoms with E-state index in [4.69, 9.17) is 4.42 Å². The fourth-order valence-electron chi connectivity index (χ4n) is 2.63. The normalized spacial score (nSPS) is 11.9. The maximum atomic E-state index is 12.2. The van der Waals surface area contributed by atoms with Crippen LogP contribution in [0.3, 0.4) is 0 Å². The molecule has 0 bridgehead atoms. The average molecular weight is 382 g/mol. The van der Waals surface area contributed by atoms with E-state index in [1.54, 1.807) is 12.3 Å². The monoisotopic (exact) mass is 382 g/mol. The van der Waals surface area contributed by atoms with Gasteiger partial charge in [-0.15, -0.1) is 16.8 Å². The molecule has 0 saturated carbocycles. The number of amides is 1. The van der Waals surface area contributed by atoms with Gasteiger partial charge in [-0.2, -0.15) is 0 Å². The van der Waals surface area contributed by atoms with E-state index in [1.165, 1.54) is 11.8 Å². The number of carbonyl (C=O) groups excluding carboxylic acids is 1. The molecule has 2 heterocycles. The van der Waals surface area contributed by atoms with Crippen molar-refractivity contribution in [1.29, 1.82) is 0 Å². The lowest BCUT2D eigenvalue weighted by molar-refractivity contribution is -0.120. The highest BCUT2D eigenvalue weighted by atomic mass is 32.2. The number of aromatic nitrogens is 3. The second-order valence-corrected chi connectivity index (χ2v) is 7.37. The molecule has 140 valence electrons. The van der Waals surface area contributed by atoms with Crippen LogP contribution in [0.1, 0.15) is 18.2 Å². The minimum Gasteiger partial charge on any atom is -0.469 e. The van der Waals surface area contributed by atoms with Gasteiger partial charge in [0.05, 0.1) is 23.6 Å². The van der Waals surface area contributed by atoms with Crippen molar-refractivity contribution in [3.8, 4) is 11.4 Å². The highest BCUT2D eigenvalue weighted by Crippen LogP contribution is 2.29. The Morgan fingerprint density at radius 1 is 1.33 bits per heavy atom. The summed E-state index contributed by atoms with van der Waals surface area (Å²) in [5.41, 5.74) is 2.03. The van der Waals surface area contributed by atoms with Crippen LogP contribution in [0, 0.1) is 6.92 Å². The zero-order valence-corrected chi connectivity index (χ0v) is 16.2. The van der Waals surface area contributed by atoms with E-state index >= 15 is 0 Å². The van der Waals surface area contributed by atoms with Crippen molar-refractivity contribution in [1.82, 2.24) is 20.1 Å². The molecule has 6 nitrogen and oxygen atoms in total. The predicted octanol–water partition coefficient (Wildman–Crippen LogP) is 3.68. The largest absolute Gasteiger partial charge is 0.469 e. The highest BCUT2D eigenvalue weighted by molar-refractivity contribution is 8.00. The Bertz CT molecular complexity index is 917. The van der Waals surface area contributed by atoms with E-state index in [-0.39, 0.29) is 11.2 Å². The maximum Gasteiger partial charge on any atom is 0.233 e. The van der Waals surface area contributed by atoms with E-state index < -0.39 is 0 Å². The molecular formula is C20H22N4O2S. The van der Waals surface area contributed by atoms with Gasteiger partial charge in [0.2, 0.25) is 5.91 Å². The van der Waals surface area contributed by atoms with Crippen LogP contribution in [-0.4, -0.2) is 32.5 Å². The molecule has 0 aliphatic rings. The molecule has 0 spiro atoms. The van der Waals surface area contributed by atoms with Gasteiger partial charge in [-0.25, -0.2) is 0 Å². The van der Waals surface area contributed by atoms with Crippen molar-refractivity contribution in [2.45, 2.75) is 30.8 Å². The first kappa shape index (κ1) is 19.0. The summed E-state index contributed by atoms with van der Waals surface area (Å²) >= 11 is 1.38. The van der Waals surface area contributed by atoms with Crippen molar-refractivity contribution in [2.75, 3.05) is 6.54 Å². The number of nitrogens with zero attached hydrogens (tertiary/aromatic N) is 3. The summed E-state index contributed by atoms with van der Waals surface area (Å²) in [6.45, 7) is 8.43. The molecule has 1 aromatic carbocycles. The fourth-order valence-corrected chi connectivity index (χ4v) is 3.50. The second kappa shape index (κ2) is 8.73. The van der Waals surface area contributed by atoms with Gasteiger partial charge in [0.15, 0.2) is 11.0 Å². The summed E-state index contributed by atoms with van der Waals surface area (Å²) in [6, 6.07) is 12.0. The number of furan rings is 1. The van der Waals surface area contributed by atoms with Gasteiger partial charge >= 0.3 is 0 Å². The van der Waals surface area contributed by atoms with E-state index in [9.17, 15) is 4.79 Å². The molecule has 27 heavy (non-hydrogen) atoms. The summed E-state index contributed by atoms with van der Waals surface area (Å²) in [5, 5.41) is 11.9. The first-order chi connectivity index (χ1) is 13.1. The van der Waals surface area contributed by atoms with Crippen LogP contribution in [0.4, 0.5) is 0 Å². The summed E-state index contributed by atoms with van der Waals surface area (Å²) in [5.74, 6) is 1.45. The van der Waals surface area contributed by atoms with Gasteiger partial charge in [-0.3, -0.25) is 9.36 Å². The number of hydrogen-bond donors (Lipinski definition) is 1. The van der Waals surface area contributed by atoms with Crippen LogP contribution < -0.4 is 5.32 Å². The molecule has 0 unspecified atom stereocenters. The molecule has 0 fully saturated rings. The van der Waals surface area contributed by atoms with E-state index in [0.717, 1.165) is 22.7 Å². The molecule has 7 heteroatoms. The molecule has 3 aromatic rings. The molecule has 0 aliphatic carbocycles. The summed E-state index contributed by atoms with van der Waals surface area (Å²) in [6.07, 6.45) is 3.30. The Labute approximate surface area is 162 Å². The van der Waals surface area contributed by atoms with Crippen LogP contribution >= 0.6 is 11.8 Å². The van der Waals surface area contributed by atoms with Crippen LogP contribution in [0.2, 0.25) is 0 Å². The third-order valence-corrected chi connectivity index (χ3v) is 5.15. The Kier molecular flexibility index (Phi) is 6.13. The number of nitrogens with one attached hydrogen (secondary N) is 1. The Morgan fingerprint density at radius 2 is 2.11 bits per heavy atom. The third-order valence-electron chi connectivity index (χ3n) is 4.07. The van der Waals surface area contributed by atoms with Gasteiger partial charge in [-0.05, 0) is 25.5 Å². The SMILES string of the molecule is C=CCNC(=O)[C@H](C)Sc1nnc(-c2ccoc2C)n1Cc1ccccc1. The molecule has 1 amide bonds. The van der Waals surface area contributed by atoms with Crippen molar-refractivity contribution in [2.24, 2.45) is 0 Å². The van der Waals surface area contributed by atoms with E-state index in [2.05, 4.69) is 34.2 Å². The molecule has 0 saturated heterocycles. The number of thioether (sulfide) groups is 1. The molecule has 2 aromatic heterocycles. The number of rotatable bonds is 8. The van der Waals surface area contributed by atoms with Crippen LogP contribution in [0.25, 0.3) is 11.4 Å². The number of hydrogen-bond acceptors (Lipinski definition) is 5. The maximum absolute atomic E-state index is 12.2. The zero-order valence-electron chi connectivity index (χ0n) is 15.4. The molecule has 0 aliphatic heterocycles. The standard InChI is InChI=1S/C20H22N4O2S/c1-4-11-21-19(25)15(3)27-20-23-22-18(17-10-12-26-14(17)2)24(20)13-16-8-6-5-7-9-16/h4-10,12,15H,1,11,13H2,2-3H3,(H,21,25)/t15-/m0/s1. The van der Waals surface area contributed by atoms with Gasteiger partial charge in [-0.1, -0.05) is 48.2 Å². The Morgan fingerprint density at radius 3 is 2.78 bits per heavy atom. The zero-order chi connectivity index (χ0) is 19.2. The molecule has 1 N–H and O–H groups in total. The lowest BCUT2D eigenvalue weighted by Gasteiger charge is -2.13. The Hall–Kier alpha value is -2.80. The van der Waals surface area contributed by atoms with E-state index in [1.807, 2.05) is 42.7 Å². The molecular weight excluding hydrogens is 360 g/mol. The highest BCUT2D eigenvalue weighted by Gasteiger charge is 2.22. The topological polar surface area (TPSA) is 73.0 Å². The molecule has 0 radical (unpaired) electrons.